The number of carbonyl (C=O) groups excluding carboxylic acids is 3. The van der Waals surface area contributed by atoms with Crippen LogP contribution in [0, 0.1) is 0 Å². The molecule has 2 heterocycles. The molecule has 1 N–H and O–H groups in total. The molecule has 5 rings (SSSR count). The van der Waals surface area contributed by atoms with E-state index in [1.54, 1.807) is 28.0 Å². The Labute approximate surface area is 193 Å². The molecule has 1 unspecified atom stereocenters. The largest absolute Gasteiger partial charge is 0.484 e. The van der Waals surface area contributed by atoms with Gasteiger partial charge in [0.15, 0.2) is 6.61 Å². The van der Waals surface area contributed by atoms with Gasteiger partial charge in [0.05, 0.1) is 17.8 Å². The Morgan fingerprint density at radius 1 is 1.03 bits per heavy atom. The number of amides is 3. The lowest BCUT2D eigenvalue weighted by atomic mass is 10.1. The normalized spacial score (nSPS) is 18.0. The first-order chi connectivity index (χ1) is 15.5. The van der Waals surface area contributed by atoms with Crippen molar-refractivity contribution >= 4 is 50.1 Å². The molecule has 0 aromatic heterocycles. The van der Waals surface area contributed by atoms with Crippen LogP contribution in [-0.2, 0) is 9.59 Å². The third-order valence-electron chi connectivity index (χ3n) is 5.85. The number of ether oxygens (including phenoxy) is 1. The molecule has 7 nitrogen and oxygen atoms in total. The summed E-state index contributed by atoms with van der Waals surface area (Å²) in [6.45, 7) is 0.629. The highest BCUT2D eigenvalue weighted by atomic mass is 79.9. The van der Waals surface area contributed by atoms with E-state index in [1.807, 2.05) is 42.5 Å². The molecule has 1 saturated heterocycles. The number of hydrogen-bond acceptors (Lipinski definition) is 4. The minimum atomic E-state index is -0.743. The van der Waals surface area contributed by atoms with Crippen LogP contribution in [0.4, 0.5) is 5.69 Å². The fourth-order valence-electron chi connectivity index (χ4n) is 4.14. The van der Waals surface area contributed by atoms with Crippen molar-refractivity contribution in [3.8, 4) is 5.75 Å². The van der Waals surface area contributed by atoms with Gasteiger partial charge in [-0.15, -0.1) is 0 Å². The van der Waals surface area contributed by atoms with E-state index >= 15 is 0 Å². The maximum absolute atomic E-state index is 13.0. The lowest BCUT2D eigenvalue weighted by molar-refractivity contribution is -0.137. The fraction of sp³-hybridized carbons (Fsp3) is 0.208. The first kappa shape index (κ1) is 20.5. The Hall–Kier alpha value is -3.39. The van der Waals surface area contributed by atoms with Crippen LogP contribution in [0.1, 0.15) is 10.4 Å². The molecule has 3 aromatic carbocycles. The maximum Gasteiger partial charge on any atom is 0.260 e. The first-order valence-electron chi connectivity index (χ1n) is 10.3. The zero-order chi connectivity index (χ0) is 22.2. The fourth-order valence-corrected chi connectivity index (χ4v) is 4.50. The maximum atomic E-state index is 13.0. The molecule has 2 aliphatic heterocycles. The van der Waals surface area contributed by atoms with Crippen molar-refractivity contribution in [2.24, 2.45) is 0 Å². The number of fused-ring (bicyclic) bond motifs is 3. The molecule has 0 aliphatic carbocycles. The summed E-state index contributed by atoms with van der Waals surface area (Å²) in [6, 6.07) is 18.0. The zero-order valence-electron chi connectivity index (χ0n) is 17.1. The molecule has 0 radical (unpaired) electrons. The quantitative estimate of drug-likeness (QED) is 0.607. The molecule has 0 bridgehead atoms. The van der Waals surface area contributed by atoms with Crippen LogP contribution in [0.3, 0.4) is 0 Å². The van der Waals surface area contributed by atoms with Gasteiger partial charge in [0.1, 0.15) is 11.8 Å². The Morgan fingerprint density at radius 2 is 1.84 bits per heavy atom. The van der Waals surface area contributed by atoms with Crippen LogP contribution in [-0.4, -0.2) is 59.8 Å². The summed E-state index contributed by atoms with van der Waals surface area (Å²) >= 11 is 3.37. The molecule has 1 fully saturated rings. The van der Waals surface area contributed by atoms with Crippen molar-refractivity contribution in [3.63, 3.8) is 0 Å². The summed E-state index contributed by atoms with van der Waals surface area (Å²) in [5.74, 6) is -0.127. The van der Waals surface area contributed by atoms with E-state index in [0.717, 1.165) is 15.2 Å². The van der Waals surface area contributed by atoms with E-state index in [9.17, 15) is 14.4 Å². The van der Waals surface area contributed by atoms with E-state index in [4.69, 9.17) is 4.74 Å². The van der Waals surface area contributed by atoms with Gasteiger partial charge in [0.25, 0.3) is 11.8 Å². The van der Waals surface area contributed by atoms with Gasteiger partial charge in [-0.05, 0) is 41.1 Å². The predicted octanol–water partition coefficient (Wildman–Crippen LogP) is 3.29. The standard InChI is InChI=1S/C24H20BrN3O4/c25-17-6-8-20-19(12-17)24(31)28-10-9-27(13-21(28)23(30)26-20)22(29)14-32-18-7-5-15-3-1-2-4-16(15)11-18/h1-8,11-12,21H,9-10,13-14H2,(H,26,30). The highest BCUT2D eigenvalue weighted by molar-refractivity contribution is 9.10. The second-order valence-electron chi connectivity index (χ2n) is 7.83. The van der Waals surface area contributed by atoms with Crippen molar-refractivity contribution in [1.29, 1.82) is 0 Å². The van der Waals surface area contributed by atoms with Crippen molar-refractivity contribution in [1.82, 2.24) is 9.80 Å². The number of carbonyl (C=O) groups is 3. The highest BCUT2D eigenvalue weighted by Gasteiger charge is 2.40. The van der Waals surface area contributed by atoms with Gasteiger partial charge in [-0.2, -0.15) is 0 Å². The van der Waals surface area contributed by atoms with Crippen LogP contribution < -0.4 is 10.1 Å². The third kappa shape index (κ3) is 3.82. The topological polar surface area (TPSA) is 79.0 Å². The van der Waals surface area contributed by atoms with Gasteiger partial charge < -0.3 is 19.9 Å². The summed E-state index contributed by atoms with van der Waals surface area (Å²) in [6.07, 6.45) is 0. The number of rotatable bonds is 3. The van der Waals surface area contributed by atoms with Crippen molar-refractivity contribution in [2.75, 3.05) is 31.6 Å². The number of nitrogens with one attached hydrogen (secondary N) is 1. The van der Waals surface area contributed by atoms with Crippen LogP contribution in [0.25, 0.3) is 10.8 Å². The summed E-state index contributed by atoms with van der Waals surface area (Å²) in [4.78, 5) is 41.8. The van der Waals surface area contributed by atoms with Crippen LogP contribution in [0.2, 0.25) is 0 Å². The lowest BCUT2D eigenvalue weighted by Gasteiger charge is -2.39. The molecule has 0 saturated carbocycles. The number of anilines is 1. The van der Waals surface area contributed by atoms with Crippen LogP contribution in [0.5, 0.6) is 5.75 Å². The molecule has 8 heteroatoms. The second-order valence-corrected chi connectivity index (χ2v) is 8.75. The average Bonchev–Trinajstić information content (AvgIpc) is 2.91. The number of halogens is 1. The minimum absolute atomic E-state index is 0.131. The molecular formula is C24H20BrN3O4. The monoisotopic (exact) mass is 493 g/mol. The Morgan fingerprint density at radius 3 is 2.69 bits per heavy atom. The number of nitrogens with zero attached hydrogens (tertiary/aromatic N) is 2. The summed E-state index contributed by atoms with van der Waals surface area (Å²) in [7, 11) is 0. The summed E-state index contributed by atoms with van der Waals surface area (Å²) in [5, 5.41) is 4.95. The highest BCUT2D eigenvalue weighted by Crippen LogP contribution is 2.28. The third-order valence-corrected chi connectivity index (χ3v) is 6.34. The zero-order valence-corrected chi connectivity index (χ0v) is 18.7. The smallest absolute Gasteiger partial charge is 0.260 e. The molecule has 1 atom stereocenters. The average molecular weight is 494 g/mol. The molecule has 0 spiro atoms. The van der Waals surface area contributed by atoms with Gasteiger partial charge in [-0.25, -0.2) is 0 Å². The minimum Gasteiger partial charge on any atom is -0.484 e. The van der Waals surface area contributed by atoms with Crippen molar-refractivity contribution in [3.05, 3.63) is 70.7 Å². The van der Waals surface area contributed by atoms with E-state index in [0.29, 0.717) is 23.5 Å². The Bertz CT molecular complexity index is 1240. The number of hydrogen-bond donors (Lipinski definition) is 1. The number of benzene rings is 3. The van der Waals surface area contributed by atoms with E-state index < -0.39 is 6.04 Å². The van der Waals surface area contributed by atoms with Crippen molar-refractivity contribution < 1.29 is 19.1 Å². The molecule has 32 heavy (non-hydrogen) atoms. The van der Waals surface area contributed by atoms with Gasteiger partial charge in [0, 0.05) is 17.6 Å². The van der Waals surface area contributed by atoms with Crippen molar-refractivity contribution in [2.45, 2.75) is 6.04 Å². The first-order valence-corrected chi connectivity index (χ1v) is 11.1. The van der Waals surface area contributed by atoms with E-state index in [2.05, 4.69) is 21.2 Å². The van der Waals surface area contributed by atoms with Gasteiger partial charge in [0.2, 0.25) is 5.91 Å². The van der Waals surface area contributed by atoms with Crippen LogP contribution in [0.15, 0.2) is 65.1 Å². The summed E-state index contributed by atoms with van der Waals surface area (Å²) < 4.78 is 6.49. The van der Waals surface area contributed by atoms with E-state index in [-0.39, 0.29) is 37.4 Å². The SMILES string of the molecule is O=C1Nc2ccc(Br)cc2C(=O)N2CCN(C(=O)COc3ccc4ccccc4c3)CC12. The van der Waals surface area contributed by atoms with E-state index in [1.165, 1.54) is 0 Å². The molecule has 3 aromatic rings. The molecule has 3 amide bonds. The second kappa shape index (κ2) is 8.27. The molecule has 162 valence electrons. The summed E-state index contributed by atoms with van der Waals surface area (Å²) in [5.41, 5.74) is 0.921. The van der Waals surface area contributed by atoms with Crippen LogP contribution >= 0.6 is 15.9 Å². The predicted molar refractivity (Wildman–Crippen MR) is 124 cm³/mol. The Balaban J connectivity index is 1.27. The lowest BCUT2D eigenvalue weighted by Crippen LogP contribution is -2.60. The molecule has 2 aliphatic rings. The Kier molecular flexibility index (Phi) is 5.30. The van der Waals surface area contributed by atoms with Gasteiger partial charge in [-0.3, -0.25) is 14.4 Å². The van der Waals surface area contributed by atoms with Gasteiger partial charge in [-0.1, -0.05) is 46.3 Å². The van der Waals surface area contributed by atoms with Gasteiger partial charge >= 0.3 is 0 Å². The number of piperazine rings is 1. The molecular weight excluding hydrogens is 474 g/mol.